The quantitative estimate of drug-likeness (QED) is 0.194. The Bertz CT molecular complexity index is 1900. The maximum absolute atomic E-state index is 14.5. The van der Waals surface area contributed by atoms with Crippen molar-refractivity contribution in [3.63, 3.8) is 0 Å². The van der Waals surface area contributed by atoms with E-state index in [2.05, 4.69) is 49.3 Å². The van der Waals surface area contributed by atoms with E-state index in [0.29, 0.717) is 25.3 Å². The number of carbonyl (C=O) groups excluding carboxylic acids is 1. The molecule has 5 aliphatic rings. The normalized spacial score (nSPS) is 24.3. The van der Waals surface area contributed by atoms with Crippen molar-refractivity contribution in [3.8, 4) is 11.3 Å². The summed E-state index contributed by atoms with van der Waals surface area (Å²) in [6, 6.07) is 15.9. The molecule has 2 aromatic carbocycles. The number of nitrogens with zero attached hydrogens (tertiary/aromatic N) is 5. The number of aliphatic hydroxyl groups is 1. The van der Waals surface area contributed by atoms with E-state index >= 15 is 0 Å². The van der Waals surface area contributed by atoms with E-state index < -0.39 is 11.6 Å². The third-order valence-electron chi connectivity index (χ3n) is 12.0. The van der Waals surface area contributed by atoms with E-state index in [1.807, 2.05) is 31.5 Å². The molecule has 49 heavy (non-hydrogen) atoms. The van der Waals surface area contributed by atoms with Gasteiger partial charge in [0.05, 0.1) is 23.0 Å². The summed E-state index contributed by atoms with van der Waals surface area (Å²) in [7, 11) is 1.75. The topological polar surface area (TPSA) is 108 Å². The Morgan fingerprint density at radius 2 is 1.78 bits per heavy atom. The van der Waals surface area contributed by atoms with E-state index in [1.165, 1.54) is 32.4 Å². The predicted octanol–water partition coefficient (Wildman–Crippen LogP) is 6.11. The number of likely N-dealkylation sites (tertiary alicyclic amines) is 1. The van der Waals surface area contributed by atoms with E-state index in [4.69, 9.17) is 14.7 Å². The highest BCUT2D eigenvalue weighted by Gasteiger charge is 2.55. The molecule has 2 aliphatic carbocycles. The van der Waals surface area contributed by atoms with Crippen LogP contribution in [0.2, 0.25) is 0 Å². The van der Waals surface area contributed by atoms with Gasteiger partial charge in [-0.1, -0.05) is 24.6 Å². The number of hydrogen-bond acceptors (Lipinski definition) is 8. The van der Waals surface area contributed by atoms with Crippen LogP contribution in [0, 0.1) is 6.92 Å². The highest BCUT2D eigenvalue weighted by atomic mass is 16.5. The number of ether oxygens (including phenoxy) is 1. The summed E-state index contributed by atoms with van der Waals surface area (Å²) in [4.78, 5) is 29.5. The van der Waals surface area contributed by atoms with Crippen molar-refractivity contribution in [3.05, 3.63) is 65.5 Å². The van der Waals surface area contributed by atoms with Crippen LogP contribution in [0.5, 0.6) is 0 Å². The zero-order valence-corrected chi connectivity index (χ0v) is 28.6. The van der Waals surface area contributed by atoms with E-state index in [-0.39, 0.29) is 11.9 Å². The molecule has 4 fully saturated rings. The van der Waals surface area contributed by atoms with Gasteiger partial charge in [-0.2, -0.15) is 0 Å². The van der Waals surface area contributed by atoms with Crippen LogP contribution in [0.25, 0.3) is 22.3 Å². The summed E-state index contributed by atoms with van der Waals surface area (Å²) in [5.74, 6) is 1.00. The molecule has 10 heteroatoms. The molecule has 1 unspecified atom stereocenters. The third kappa shape index (κ3) is 5.26. The largest absolute Gasteiger partial charge is 0.381 e. The monoisotopic (exact) mass is 661 g/mol. The van der Waals surface area contributed by atoms with Crippen LogP contribution in [0.15, 0.2) is 48.8 Å². The van der Waals surface area contributed by atoms with Gasteiger partial charge in [0.1, 0.15) is 11.7 Å². The van der Waals surface area contributed by atoms with E-state index in [1.54, 1.807) is 7.05 Å². The van der Waals surface area contributed by atoms with Crippen molar-refractivity contribution in [2.24, 2.45) is 0 Å². The highest BCUT2D eigenvalue weighted by molar-refractivity contribution is 6.09. The molecule has 4 aromatic rings. The molecule has 9 rings (SSSR count). The van der Waals surface area contributed by atoms with Crippen molar-refractivity contribution < 1.29 is 14.6 Å². The van der Waals surface area contributed by atoms with Gasteiger partial charge in [-0.05, 0) is 114 Å². The fraction of sp³-hybridized carbons (Fsp3) is 0.513. The third-order valence-corrected chi connectivity index (χ3v) is 12.0. The number of nitrogens with one attached hydrogen (secondary N) is 2. The minimum atomic E-state index is -0.764. The summed E-state index contributed by atoms with van der Waals surface area (Å²) in [6.45, 7) is 5.61. The Balaban J connectivity index is 1.10. The molecule has 1 spiro atoms. The number of aryl methyl sites for hydroxylation is 1. The molecule has 1 amide bonds. The lowest BCUT2D eigenvalue weighted by atomic mass is 9.75. The van der Waals surface area contributed by atoms with Gasteiger partial charge in [-0.15, -0.1) is 0 Å². The highest BCUT2D eigenvalue weighted by Crippen LogP contribution is 2.52. The van der Waals surface area contributed by atoms with Gasteiger partial charge in [0.25, 0.3) is 0 Å². The zero-order valence-electron chi connectivity index (χ0n) is 28.6. The van der Waals surface area contributed by atoms with Gasteiger partial charge in [-0.3, -0.25) is 10.1 Å². The number of fused-ring (bicyclic) bond motifs is 3. The molecule has 256 valence electrons. The van der Waals surface area contributed by atoms with Gasteiger partial charge >= 0.3 is 0 Å². The number of aromatic nitrogens is 3. The number of anilines is 3. The molecule has 3 N–H and O–H groups in total. The van der Waals surface area contributed by atoms with Crippen LogP contribution in [0.3, 0.4) is 0 Å². The molecular formula is C39H47N7O3. The molecule has 1 atom stereocenters. The standard InChI is InChI=1S/C39H47N7O3/c1-24-6-8-26(19-30(24)37(47)40-2)42-36-35-33(41-23-45(35)27-9-10-27)22-32(43-36)25-7-11-31-34(18-25)46(38(48)39(31)12-16-49-17-13-39)29-20-28(21-29)44-14-4-3-5-15-44/h6-8,11,18-19,22-23,27-29,37,40,47H,3-5,9-10,12-17,20-21H2,1-2H3,(H,42,43)/t28-,29+,37?. The molecule has 3 aliphatic heterocycles. The molecule has 2 saturated carbocycles. The average molecular weight is 662 g/mol. The Morgan fingerprint density at radius 3 is 2.53 bits per heavy atom. The summed E-state index contributed by atoms with van der Waals surface area (Å²) in [6.07, 6.45) is 10.9. The van der Waals surface area contributed by atoms with E-state index in [0.717, 1.165) is 94.7 Å². The first kappa shape index (κ1) is 31.2. The molecule has 10 nitrogen and oxygen atoms in total. The van der Waals surface area contributed by atoms with Gasteiger partial charge in [0, 0.05) is 53.8 Å². The number of hydrogen-bond donors (Lipinski definition) is 3. The molecule has 5 heterocycles. The molecule has 2 aromatic heterocycles. The van der Waals surface area contributed by atoms with Crippen molar-refractivity contribution in [2.75, 3.05) is 43.6 Å². The van der Waals surface area contributed by atoms with E-state index in [9.17, 15) is 9.90 Å². The first-order chi connectivity index (χ1) is 23.9. The summed E-state index contributed by atoms with van der Waals surface area (Å²) >= 11 is 0. The van der Waals surface area contributed by atoms with Crippen LogP contribution in [-0.2, 0) is 14.9 Å². The van der Waals surface area contributed by atoms with Crippen molar-refractivity contribution >= 4 is 34.1 Å². The lowest BCUT2D eigenvalue weighted by molar-refractivity contribution is -0.127. The number of piperidine rings is 1. The number of rotatable bonds is 8. The first-order valence-electron chi connectivity index (χ1n) is 18.3. The lowest BCUT2D eigenvalue weighted by Gasteiger charge is -2.48. The van der Waals surface area contributed by atoms with Crippen LogP contribution in [0.4, 0.5) is 17.2 Å². The van der Waals surface area contributed by atoms with Crippen molar-refractivity contribution in [2.45, 2.75) is 94.5 Å². The maximum Gasteiger partial charge on any atom is 0.238 e. The predicted molar refractivity (Wildman–Crippen MR) is 191 cm³/mol. The SMILES string of the molecule is CNC(O)c1cc(Nc2nc(-c3ccc4c(c3)N([C@H]3C[C@@H](N5CCCCC5)C3)C(=O)C43CCOCC3)cc3ncn(C4CC4)c23)ccc1C. The smallest absolute Gasteiger partial charge is 0.238 e. The Hall–Kier alpha value is -3.83. The summed E-state index contributed by atoms with van der Waals surface area (Å²) < 4.78 is 8.03. The second-order valence-corrected chi connectivity index (χ2v) is 15.0. The number of benzene rings is 2. The fourth-order valence-electron chi connectivity index (χ4n) is 8.90. The van der Waals surface area contributed by atoms with Crippen LogP contribution >= 0.6 is 0 Å². The van der Waals surface area contributed by atoms with Crippen LogP contribution in [-0.4, -0.2) is 75.9 Å². The average Bonchev–Trinajstić information content (AvgIpc) is 3.83. The Kier molecular flexibility index (Phi) is 7.76. The number of carbonyl (C=O) groups is 1. The van der Waals surface area contributed by atoms with Crippen molar-refractivity contribution in [1.82, 2.24) is 24.8 Å². The number of imidazole rings is 1. The zero-order chi connectivity index (χ0) is 33.3. The van der Waals surface area contributed by atoms with Crippen LogP contribution in [0.1, 0.15) is 86.7 Å². The summed E-state index contributed by atoms with van der Waals surface area (Å²) in [5.41, 5.74) is 8.06. The lowest BCUT2D eigenvalue weighted by Crippen LogP contribution is -2.57. The fourth-order valence-corrected chi connectivity index (χ4v) is 8.90. The molecular weight excluding hydrogens is 614 g/mol. The molecule has 0 radical (unpaired) electrons. The van der Waals surface area contributed by atoms with Gasteiger partial charge in [-0.25, -0.2) is 9.97 Å². The Labute approximate surface area is 287 Å². The number of aliphatic hydroxyl groups excluding tert-OH is 1. The second kappa shape index (κ2) is 12.2. The molecule has 0 bridgehead atoms. The van der Waals surface area contributed by atoms with Gasteiger partial charge in [0.15, 0.2) is 5.82 Å². The summed E-state index contributed by atoms with van der Waals surface area (Å²) in [5, 5.41) is 17.2. The second-order valence-electron chi connectivity index (χ2n) is 15.0. The number of pyridine rings is 1. The van der Waals surface area contributed by atoms with Gasteiger partial charge in [0.2, 0.25) is 5.91 Å². The number of amides is 1. The molecule has 2 saturated heterocycles. The van der Waals surface area contributed by atoms with Crippen LogP contribution < -0.4 is 15.5 Å². The van der Waals surface area contributed by atoms with Gasteiger partial charge < -0.3 is 29.5 Å². The maximum atomic E-state index is 14.5. The Morgan fingerprint density at radius 1 is 0.980 bits per heavy atom. The minimum absolute atomic E-state index is 0.223. The minimum Gasteiger partial charge on any atom is -0.381 e. The first-order valence-corrected chi connectivity index (χ1v) is 18.3. The van der Waals surface area contributed by atoms with Crippen molar-refractivity contribution in [1.29, 1.82) is 0 Å².